The van der Waals surface area contributed by atoms with Crippen molar-refractivity contribution in [1.82, 2.24) is 15.6 Å². The number of nitrogens with one attached hydrogen (secondary N) is 2. The Hall–Kier alpha value is -3.00. The van der Waals surface area contributed by atoms with Crippen LogP contribution >= 0.6 is 0 Å². The third kappa shape index (κ3) is 4.57. The normalized spacial score (nSPS) is 29.4. The number of hydrogen-bond acceptors (Lipinski definition) is 5. The number of pyridine rings is 1. The first-order valence-electron chi connectivity index (χ1n) is 11.4. The molecule has 2 heterocycles. The number of hydrogen-bond donors (Lipinski definition) is 4. The van der Waals surface area contributed by atoms with Gasteiger partial charge in [0.25, 0.3) is 5.91 Å². The summed E-state index contributed by atoms with van der Waals surface area (Å²) in [5.74, 6) is -2.41. The van der Waals surface area contributed by atoms with Gasteiger partial charge in [-0.25, -0.2) is 13.8 Å². The van der Waals surface area contributed by atoms with Crippen LogP contribution in [0.2, 0.25) is 0 Å². The van der Waals surface area contributed by atoms with Crippen molar-refractivity contribution in [1.29, 1.82) is 0 Å². The standard InChI is InChI=1S/C25H30F2N4O2/c1-14-25(2,18(9-10-29-14)15-5-3-6-16(28)11-15)31-24(33)22-8-4-7-21(30-22)23-19(26)12-17(32)13-20(23)27/h4,7-10,12-16,18,29,32H,3,5-6,11,28H2,1-2H3,(H,31,33)/t14?,15-,16+,18?,25?/m1/s1. The fraction of sp³-hybridized carbons (Fsp3) is 0.440. The van der Waals surface area contributed by atoms with Gasteiger partial charge in [-0.1, -0.05) is 18.6 Å². The summed E-state index contributed by atoms with van der Waals surface area (Å²) in [5, 5.41) is 15.9. The number of benzene rings is 1. The Morgan fingerprint density at radius 2 is 2.00 bits per heavy atom. The predicted octanol–water partition coefficient (Wildman–Crippen LogP) is 3.86. The van der Waals surface area contributed by atoms with Crippen molar-refractivity contribution < 1.29 is 18.7 Å². The molecule has 4 rings (SSSR count). The van der Waals surface area contributed by atoms with E-state index in [4.69, 9.17) is 5.73 Å². The van der Waals surface area contributed by atoms with Gasteiger partial charge < -0.3 is 21.5 Å². The van der Waals surface area contributed by atoms with Gasteiger partial charge in [-0.15, -0.1) is 0 Å². The van der Waals surface area contributed by atoms with Gasteiger partial charge in [0.2, 0.25) is 0 Å². The van der Waals surface area contributed by atoms with E-state index in [1.807, 2.05) is 20.0 Å². The van der Waals surface area contributed by atoms with E-state index >= 15 is 0 Å². The Balaban J connectivity index is 1.62. The molecule has 8 heteroatoms. The average Bonchev–Trinajstić information content (AvgIpc) is 2.75. The monoisotopic (exact) mass is 456 g/mol. The Labute approximate surface area is 192 Å². The van der Waals surface area contributed by atoms with Crippen LogP contribution in [0.4, 0.5) is 8.78 Å². The second-order valence-electron chi connectivity index (χ2n) is 9.39. The van der Waals surface area contributed by atoms with Gasteiger partial charge in [0, 0.05) is 30.1 Å². The molecular weight excluding hydrogens is 426 g/mol. The van der Waals surface area contributed by atoms with E-state index in [1.54, 1.807) is 0 Å². The highest BCUT2D eigenvalue weighted by Gasteiger charge is 2.45. The molecule has 176 valence electrons. The van der Waals surface area contributed by atoms with Gasteiger partial charge in [0.05, 0.1) is 16.8 Å². The molecule has 1 aliphatic heterocycles. The lowest BCUT2D eigenvalue weighted by Gasteiger charge is -2.49. The van der Waals surface area contributed by atoms with Crippen LogP contribution in [0.25, 0.3) is 11.3 Å². The summed E-state index contributed by atoms with van der Waals surface area (Å²) in [6, 6.07) is 6.22. The van der Waals surface area contributed by atoms with Gasteiger partial charge in [0.15, 0.2) is 0 Å². The van der Waals surface area contributed by atoms with E-state index in [0.29, 0.717) is 5.92 Å². The zero-order valence-corrected chi connectivity index (χ0v) is 18.8. The van der Waals surface area contributed by atoms with Crippen LogP contribution in [0.3, 0.4) is 0 Å². The summed E-state index contributed by atoms with van der Waals surface area (Å²) in [6.07, 6.45) is 8.08. The SMILES string of the molecule is CC1NC=CC([C@@H]2CCC[C@H](N)C2)C1(C)NC(=O)c1cccc(-c2c(F)cc(O)cc2F)n1. The minimum Gasteiger partial charge on any atom is -0.508 e. The summed E-state index contributed by atoms with van der Waals surface area (Å²) in [6.45, 7) is 4.03. The summed E-state index contributed by atoms with van der Waals surface area (Å²) in [4.78, 5) is 17.5. The smallest absolute Gasteiger partial charge is 0.270 e. The van der Waals surface area contributed by atoms with Crippen molar-refractivity contribution in [2.45, 2.75) is 57.2 Å². The topological polar surface area (TPSA) is 100 Å². The first kappa shape index (κ1) is 23.2. The second-order valence-corrected chi connectivity index (χ2v) is 9.39. The predicted molar refractivity (Wildman–Crippen MR) is 122 cm³/mol. The van der Waals surface area contributed by atoms with Crippen LogP contribution in [0, 0.1) is 23.5 Å². The Bertz CT molecular complexity index is 1050. The van der Waals surface area contributed by atoms with Gasteiger partial charge in [-0.2, -0.15) is 0 Å². The molecule has 5 atom stereocenters. The number of amides is 1. The van der Waals surface area contributed by atoms with Crippen molar-refractivity contribution in [2.75, 3.05) is 0 Å². The summed E-state index contributed by atoms with van der Waals surface area (Å²) < 4.78 is 28.7. The molecule has 3 unspecified atom stereocenters. The second kappa shape index (κ2) is 9.09. The molecule has 0 saturated heterocycles. The molecule has 33 heavy (non-hydrogen) atoms. The number of rotatable bonds is 4. The third-order valence-corrected chi connectivity index (χ3v) is 7.15. The van der Waals surface area contributed by atoms with E-state index < -0.39 is 34.4 Å². The minimum atomic E-state index is -0.950. The van der Waals surface area contributed by atoms with E-state index in [0.717, 1.165) is 37.8 Å². The van der Waals surface area contributed by atoms with Gasteiger partial charge in [-0.05, 0) is 57.4 Å². The van der Waals surface area contributed by atoms with Crippen molar-refractivity contribution in [3.05, 3.63) is 59.9 Å². The summed E-state index contributed by atoms with van der Waals surface area (Å²) >= 11 is 0. The average molecular weight is 457 g/mol. The largest absolute Gasteiger partial charge is 0.508 e. The first-order chi connectivity index (χ1) is 15.7. The first-order valence-corrected chi connectivity index (χ1v) is 11.4. The number of phenolic OH excluding ortho intramolecular Hbond substituents is 1. The van der Waals surface area contributed by atoms with Crippen LogP contribution in [-0.2, 0) is 0 Å². The molecule has 0 radical (unpaired) electrons. The van der Waals surface area contributed by atoms with Crippen molar-refractivity contribution in [3.63, 3.8) is 0 Å². The lowest BCUT2D eigenvalue weighted by Crippen LogP contribution is -2.64. The van der Waals surface area contributed by atoms with Crippen molar-refractivity contribution in [3.8, 4) is 17.0 Å². The Morgan fingerprint density at radius 1 is 1.27 bits per heavy atom. The lowest BCUT2D eigenvalue weighted by atomic mass is 9.66. The molecule has 0 spiro atoms. The minimum absolute atomic E-state index is 0.0210. The Morgan fingerprint density at radius 3 is 2.70 bits per heavy atom. The van der Waals surface area contributed by atoms with E-state index in [-0.39, 0.29) is 29.4 Å². The van der Waals surface area contributed by atoms with E-state index in [2.05, 4.69) is 21.7 Å². The Kier molecular flexibility index (Phi) is 6.38. The molecule has 5 N–H and O–H groups in total. The number of aromatic nitrogens is 1. The van der Waals surface area contributed by atoms with Gasteiger partial charge in [0.1, 0.15) is 23.1 Å². The van der Waals surface area contributed by atoms with Crippen molar-refractivity contribution >= 4 is 5.91 Å². The third-order valence-electron chi connectivity index (χ3n) is 7.15. The summed E-state index contributed by atoms with van der Waals surface area (Å²) in [7, 11) is 0. The van der Waals surface area contributed by atoms with E-state index in [9.17, 15) is 18.7 Å². The molecule has 2 aliphatic rings. The number of carbonyl (C=O) groups is 1. The molecular formula is C25H30F2N4O2. The maximum atomic E-state index is 14.3. The molecule has 0 bridgehead atoms. The maximum Gasteiger partial charge on any atom is 0.270 e. The molecule has 1 aromatic carbocycles. The van der Waals surface area contributed by atoms with Crippen LogP contribution in [0.5, 0.6) is 5.75 Å². The van der Waals surface area contributed by atoms with Gasteiger partial charge >= 0.3 is 0 Å². The zero-order valence-electron chi connectivity index (χ0n) is 18.8. The molecule has 1 aliphatic carbocycles. The van der Waals surface area contributed by atoms with Crippen LogP contribution in [0.1, 0.15) is 50.0 Å². The number of phenols is 1. The number of halogens is 2. The fourth-order valence-corrected chi connectivity index (χ4v) is 5.21. The highest BCUT2D eigenvalue weighted by Crippen LogP contribution is 2.39. The van der Waals surface area contributed by atoms with Crippen molar-refractivity contribution in [2.24, 2.45) is 17.6 Å². The van der Waals surface area contributed by atoms with Crippen LogP contribution < -0.4 is 16.4 Å². The summed E-state index contributed by atoms with van der Waals surface area (Å²) in [5.41, 5.74) is 5.27. The van der Waals surface area contributed by atoms with Crippen LogP contribution in [0.15, 0.2) is 42.6 Å². The number of nitrogens with zero attached hydrogens (tertiary/aromatic N) is 1. The zero-order chi connectivity index (χ0) is 23.8. The number of carbonyl (C=O) groups excluding carboxylic acids is 1. The maximum absolute atomic E-state index is 14.3. The van der Waals surface area contributed by atoms with E-state index in [1.165, 1.54) is 18.2 Å². The quantitative estimate of drug-likeness (QED) is 0.560. The molecule has 1 fully saturated rings. The molecule has 1 aromatic heterocycles. The molecule has 2 aromatic rings. The van der Waals surface area contributed by atoms with Gasteiger partial charge in [-0.3, -0.25) is 4.79 Å². The molecule has 1 amide bonds. The lowest BCUT2D eigenvalue weighted by molar-refractivity contribution is 0.0758. The number of nitrogens with two attached hydrogens (primary N) is 1. The van der Waals surface area contributed by atoms with Crippen LogP contribution in [-0.4, -0.2) is 33.6 Å². The molecule has 6 nitrogen and oxygen atoms in total. The highest BCUT2D eigenvalue weighted by atomic mass is 19.1. The highest BCUT2D eigenvalue weighted by molar-refractivity contribution is 5.93. The number of aromatic hydroxyl groups is 1. The fourth-order valence-electron chi connectivity index (χ4n) is 5.21. The molecule has 1 saturated carbocycles.